The Balaban J connectivity index is 1.29. The Kier molecular flexibility index (Phi) is 4.63. The number of anilines is 2. The number of para-hydroxylation sites is 2. The van der Waals surface area contributed by atoms with Crippen LogP contribution in [0, 0.1) is 35.5 Å². The van der Waals surface area contributed by atoms with Gasteiger partial charge in [0.2, 0.25) is 0 Å². The number of nitrogens with one attached hydrogen (secondary N) is 1. The molecular formula is C24H36N2. The molecule has 1 aromatic carbocycles. The van der Waals surface area contributed by atoms with Gasteiger partial charge >= 0.3 is 0 Å². The molecule has 1 aromatic rings. The van der Waals surface area contributed by atoms with Gasteiger partial charge in [0.05, 0.1) is 11.4 Å². The summed E-state index contributed by atoms with van der Waals surface area (Å²) in [4.78, 5) is 0. The molecule has 4 aliphatic carbocycles. The summed E-state index contributed by atoms with van der Waals surface area (Å²) < 4.78 is 0. The number of hydrogen-bond donors (Lipinski definition) is 2. The first kappa shape index (κ1) is 17.0. The van der Waals surface area contributed by atoms with E-state index < -0.39 is 0 Å². The van der Waals surface area contributed by atoms with Crippen LogP contribution in [0.25, 0.3) is 0 Å². The zero-order chi connectivity index (χ0) is 17.5. The van der Waals surface area contributed by atoms with E-state index in [2.05, 4.69) is 17.4 Å². The zero-order valence-electron chi connectivity index (χ0n) is 16.2. The predicted molar refractivity (Wildman–Crippen MR) is 110 cm³/mol. The highest BCUT2D eigenvalue weighted by Gasteiger charge is 2.46. The molecule has 0 heterocycles. The van der Waals surface area contributed by atoms with Crippen LogP contribution in [0.3, 0.4) is 0 Å². The third-order valence-corrected chi connectivity index (χ3v) is 8.44. The summed E-state index contributed by atoms with van der Waals surface area (Å²) in [5, 5.41) is 3.82. The topological polar surface area (TPSA) is 38.0 Å². The van der Waals surface area contributed by atoms with Crippen molar-refractivity contribution in [1.29, 1.82) is 0 Å². The van der Waals surface area contributed by atoms with Crippen LogP contribution in [0.4, 0.5) is 11.4 Å². The van der Waals surface area contributed by atoms with Gasteiger partial charge in [-0.25, -0.2) is 0 Å². The van der Waals surface area contributed by atoms with Crippen molar-refractivity contribution in [2.24, 2.45) is 35.5 Å². The Morgan fingerprint density at radius 2 is 1.38 bits per heavy atom. The summed E-state index contributed by atoms with van der Waals surface area (Å²) in [7, 11) is 0. The normalized spacial score (nSPS) is 42.2. The van der Waals surface area contributed by atoms with E-state index in [1.807, 2.05) is 12.1 Å². The predicted octanol–water partition coefficient (Wildman–Crippen LogP) is 6.09. The molecule has 7 atom stereocenters. The van der Waals surface area contributed by atoms with Crippen LogP contribution in [0.15, 0.2) is 24.3 Å². The van der Waals surface area contributed by atoms with Gasteiger partial charge in [-0.15, -0.1) is 0 Å². The van der Waals surface area contributed by atoms with Crippen LogP contribution < -0.4 is 11.1 Å². The van der Waals surface area contributed by atoms with Crippen LogP contribution >= 0.6 is 0 Å². The Labute approximate surface area is 159 Å². The lowest BCUT2D eigenvalue weighted by Crippen LogP contribution is -2.46. The van der Waals surface area contributed by atoms with Crippen molar-refractivity contribution in [3.63, 3.8) is 0 Å². The molecule has 0 saturated heterocycles. The second-order valence-electron chi connectivity index (χ2n) is 10.1. The van der Waals surface area contributed by atoms with Crippen molar-refractivity contribution in [1.82, 2.24) is 0 Å². The molecular weight excluding hydrogens is 316 g/mol. The number of nitrogens with two attached hydrogens (primary N) is 1. The smallest absolute Gasteiger partial charge is 0.0576 e. The highest BCUT2D eigenvalue weighted by molar-refractivity contribution is 5.66. The maximum Gasteiger partial charge on any atom is 0.0576 e. The van der Waals surface area contributed by atoms with Crippen molar-refractivity contribution < 1.29 is 0 Å². The monoisotopic (exact) mass is 352 g/mol. The molecule has 142 valence electrons. The molecule has 4 fully saturated rings. The molecule has 0 aliphatic heterocycles. The first-order valence-corrected chi connectivity index (χ1v) is 11.4. The van der Waals surface area contributed by atoms with E-state index in [1.165, 1.54) is 51.4 Å². The van der Waals surface area contributed by atoms with Crippen molar-refractivity contribution in [2.75, 3.05) is 11.1 Å². The van der Waals surface area contributed by atoms with Gasteiger partial charge in [0.1, 0.15) is 0 Å². The fourth-order valence-corrected chi connectivity index (χ4v) is 7.62. The number of rotatable bonds is 3. The number of benzene rings is 1. The van der Waals surface area contributed by atoms with Gasteiger partial charge in [0.25, 0.3) is 0 Å². The Morgan fingerprint density at radius 1 is 0.731 bits per heavy atom. The molecule has 0 aromatic heterocycles. The average Bonchev–Trinajstić information content (AvgIpc) is 2.62. The standard InChI is InChI=1S/C24H36N2/c25-22-9-1-2-10-23(22)26-21-14-18-7-4-8-19(15-21)24(18)20-12-16-5-3-6-17(11-16)13-20/h1-2,9-10,16-21,24,26H,3-8,11-15,25H2/t16-,17+,18-,19+,20+,21+,24+. The van der Waals surface area contributed by atoms with Gasteiger partial charge in [-0.2, -0.15) is 0 Å². The quantitative estimate of drug-likeness (QED) is 0.646. The van der Waals surface area contributed by atoms with Crippen LogP contribution in [0.5, 0.6) is 0 Å². The number of hydrogen-bond acceptors (Lipinski definition) is 2. The summed E-state index contributed by atoms with van der Waals surface area (Å²) in [6.07, 6.45) is 16.5. The van der Waals surface area contributed by atoms with E-state index in [0.29, 0.717) is 6.04 Å². The summed E-state index contributed by atoms with van der Waals surface area (Å²) >= 11 is 0. The third-order valence-electron chi connectivity index (χ3n) is 8.44. The lowest BCUT2D eigenvalue weighted by molar-refractivity contribution is -0.00750. The van der Waals surface area contributed by atoms with Gasteiger partial charge in [-0.1, -0.05) is 50.7 Å². The van der Waals surface area contributed by atoms with Crippen LogP contribution in [-0.2, 0) is 0 Å². The van der Waals surface area contributed by atoms with Gasteiger partial charge < -0.3 is 11.1 Å². The van der Waals surface area contributed by atoms with Gasteiger partial charge in [0, 0.05) is 6.04 Å². The largest absolute Gasteiger partial charge is 0.397 e. The molecule has 0 radical (unpaired) electrons. The molecule has 0 amide bonds. The van der Waals surface area contributed by atoms with Crippen LogP contribution in [0.1, 0.15) is 70.6 Å². The SMILES string of the molecule is Nc1ccccc1N[C@H]1C[C@H]2CCC[C@@H](C1)[C@H]2[C@H]1C[C@@H]2CCC[C@@H](C2)C1. The maximum absolute atomic E-state index is 6.19. The minimum absolute atomic E-state index is 0.634. The van der Waals surface area contributed by atoms with E-state index in [1.54, 1.807) is 19.3 Å². The van der Waals surface area contributed by atoms with Gasteiger partial charge in [0.15, 0.2) is 0 Å². The number of fused-ring (bicyclic) bond motifs is 4. The lowest BCUT2D eigenvalue weighted by atomic mass is 9.54. The van der Waals surface area contributed by atoms with E-state index in [-0.39, 0.29) is 0 Å². The average molecular weight is 353 g/mol. The fraction of sp³-hybridized carbons (Fsp3) is 0.750. The van der Waals surface area contributed by atoms with Crippen LogP contribution in [-0.4, -0.2) is 6.04 Å². The molecule has 5 rings (SSSR count). The van der Waals surface area contributed by atoms with Crippen LogP contribution in [0.2, 0.25) is 0 Å². The molecule has 4 bridgehead atoms. The van der Waals surface area contributed by atoms with Crippen molar-refractivity contribution >= 4 is 11.4 Å². The molecule has 26 heavy (non-hydrogen) atoms. The van der Waals surface area contributed by atoms with E-state index >= 15 is 0 Å². The molecule has 2 nitrogen and oxygen atoms in total. The molecule has 0 unspecified atom stereocenters. The summed E-state index contributed by atoms with van der Waals surface area (Å²) in [6, 6.07) is 8.95. The minimum Gasteiger partial charge on any atom is -0.397 e. The highest BCUT2D eigenvalue weighted by atomic mass is 14.9. The Hall–Kier alpha value is -1.18. The maximum atomic E-state index is 6.19. The lowest BCUT2D eigenvalue weighted by Gasteiger charge is -2.52. The van der Waals surface area contributed by atoms with Gasteiger partial charge in [-0.05, 0) is 79.7 Å². The minimum atomic E-state index is 0.634. The third kappa shape index (κ3) is 3.25. The molecule has 3 N–H and O–H groups in total. The van der Waals surface area contributed by atoms with Crippen molar-refractivity contribution in [2.45, 2.75) is 76.7 Å². The van der Waals surface area contributed by atoms with E-state index in [9.17, 15) is 0 Å². The summed E-state index contributed by atoms with van der Waals surface area (Å²) in [6.45, 7) is 0. The first-order chi connectivity index (χ1) is 12.8. The second kappa shape index (κ2) is 7.09. The first-order valence-electron chi connectivity index (χ1n) is 11.4. The number of nitrogen functional groups attached to an aromatic ring is 1. The van der Waals surface area contributed by atoms with Crippen molar-refractivity contribution in [3.8, 4) is 0 Å². The zero-order valence-corrected chi connectivity index (χ0v) is 16.2. The molecule has 2 heteroatoms. The molecule has 0 spiro atoms. The van der Waals surface area contributed by atoms with E-state index in [4.69, 9.17) is 5.73 Å². The fourth-order valence-electron chi connectivity index (χ4n) is 7.62. The second-order valence-corrected chi connectivity index (χ2v) is 10.1. The highest BCUT2D eigenvalue weighted by Crippen LogP contribution is 2.54. The van der Waals surface area contributed by atoms with Gasteiger partial charge in [-0.3, -0.25) is 0 Å². The summed E-state index contributed by atoms with van der Waals surface area (Å²) in [5.74, 6) is 6.18. The molecule has 4 saturated carbocycles. The van der Waals surface area contributed by atoms with Crippen molar-refractivity contribution in [3.05, 3.63) is 24.3 Å². The molecule has 4 aliphatic rings. The van der Waals surface area contributed by atoms with E-state index in [0.717, 1.165) is 46.9 Å². The Bertz CT molecular complexity index is 600. The summed E-state index contributed by atoms with van der Waals surface area (Å²) in [5.41, 5.74) is 8.24. The Morgan fingerprint density at radius 3 is 2.08 bits per heavy atom.